The van der Waals surface area contributed by atoms with Gasteiger partial charge in [-0.3, -0.25) is 4.98 Å². The number of sulfone groups is 1. The first-order valence-corrected chi connectivity index (χ1v) is 16.4. The third kappa shape index (κ3) is 5.99. The molecule has 0 radical (unpaired) electrons. The van der Waals surface area contributed by atoms with E-state index in [9.17, 15) is 16.8 Å². The van der Waals surface area contributed by atoms with Crippen molar-refractivity contribution in [1.82, 2.24) is 19.6 Å². The lowest BCUT2D eigenvalue weighted by molar-refractivity contribution is -0.0311. The van der Waals surface area contributed by atoms with Crippen molar-refractivity contribution in [1.29, 1.82) is 0 Å². The van der Waals surface area contributed by atoms with Crippen LogP contribution >= 0.6 is 0 Å². The maximum Gasteiger partial charge on any atom is 0.244 e. The van der Waals surface area contributed by atoms with Gasteiger partial charge >= 0.3 is 0 Å². The number of aromatic amines is 1. The number of hydrogen-bond acceptors (Lipinski definition) is 8. The third-order valence-electron chi connectivity index (χ3n) is 7.63. The molecule has 3 aromatic rings. The number of piperidine rings is 1. The van der Waals surface area contributed by atoms with Crippen LogP contribution in [0.3, 0.4) is 0 Å². The van der Waals surface area contributed by atoms with E-state index in [1.807, 2.05) is 6.07 Å². The standard InChI is InChI=1S/C27H36N4O6S2/c1-20(2)38(32,33)23-6-3-5-22(15-23)36-14-4-10-28-21-17-27(37-19-21)8-12-31(13-9-27)39(34,35)24-16-26-25(30-18-24)7-11-29-26/h3,5-7,11,15-16,18,20-21,28-29H,4,8-10,12-14,17,19H2,1-2H3/t21-/m1/s1. The van der Waals surface area contributed by atoms with Crippen LogP contribution in [0.1, 0.15) is 39.5 Å². The Labute approximate surface area is 230 Å². The molecule has 39 heavy (non-hydrogen) atoms. The van der Waals surface area contributed by atoms with Gasteiger partial charge in [-0.2, -0.15) is 4.31 Å². The molecule has 1 atom stereocenters. The number of hydrogen-bond donors (Lipinski definition) is 2. The summed E-state index contributed by atoms with van der Waals surface area (Å²) in [5, 5.41) is 3.04. The topological polar surface area (TPSA) is 131 Å². The Hall–Kier alpha value is -2.51. The van der Waals surface area contributed by atoms with E-state index < -0.39 is 25.1 Å². The first-order chi connectivity index (χ1) is 18.6. The quantitative estimate of drug-likeness (QED) is 0.352. The summed E-state index contributed by atoms with van der Waals surface area (Å²) in [7, 11) is -6.96. The highest BCUT2D eigenvalue weighted by Crippen LogP contribution is 2.37. The molecule has 0 unspecified atom stereocenters. The van der Waals surface area contributed by atoms with Crippen LogP contribution in [0, 0.1) is 0 Å². The highest BCUT2D eigenvalue weighted by Gasteiger charge is 2.44. The highest BCUT2D eigenvalue weighted by atomic mass is 32.2. The van der Waals surface area contributed by atoms with E-state index in [1.54, 1.807) is 50.4 Å². The number of nitrogens with zero attached hydrogens (tertiary/aromatic N) is 2. The van der Waals surface area contributed by atoms with Gasteiger partial charge in [-0.1, -0.05) is 6.07 Å². The van der Waals surface area contributed by atoms with Crippen molar-refractivity contribution in [3.05, 3.63) is 48.8 Å². The Morgan fingerprint density at radius 1 is 1.15 bits per heavy atom. The summed E-state index contributed by atoms with van der Waals surface area (Å²) >= 11 is 0. The van der Waals surface area contributed by atoms with E-state index in [-0.39, 0.29) is 21.4 Å². The Morgan fingerprint density at radius 3 is 2.72 bits per heavy atom. The number of fused-ring (bicyclic) bond motifs is 1. The van der Waals surface area contributed by atoms with Crippen LogP contribution in [0.15, 0.2) is 58.6 Å². The predicted molar refractivity (Wildman–Crippen MR) is 148 cm³/mol. The Kier molecular flexibility index (Phi) is 8.03. The molecule has 0 amide bonds. The minimum Gasteiger partial charge on any atom is -0.494 e. The molecule has 2 aliphatic heterocycles. The molecule has 2 N–H and O–H groups in total. The number of ether oxygens (including phenoxy) is 2. The first-order valence-electron chi connectivity index (χ1n) is 13.4. The summed E-state index contributed by atoms with van der Waals surface area (Å²) < 4.78 is 64.7. The summed E-state index contributed by atoms with van der Waals surface area (Å²) in [6.07, 6.45) is 6.08. The van der Waals surface area contributed by atoms with E-state index >= 15 is 0 Å². The van der Waals surface area contributed by atoms with Gasteiger partial charge in [0, 0.05) is 31.5 Å². The smallest absolute Gasteiger partial charge is 0.244 e. The zero-order chi connectivity index (χ0) is 27.7. The van der Waals surface area contributed by atoms with E-state index in [0.29, 0.717) is 50.4 Å². The number of aromatic nitrogens is 2. The van der Waals surface area contributed by atoms with Crippen molar-refractivity contribution >= 4 is 30.9 Å². The molecule has 5 rings (SSSR count). The van der Waals surface area contributed by atoms with E-state index in [2.05, 4.69) is 15.3 Å². The van der Waals surface area contributed by atoms with Crippen molar-refractivity contribution in [3.63, 3.8) is 0 Å². The lowest BCUT2D eigenvalue weighted by Gasteiger charge is -2.38. The van der Waals surface area contributed by atoms with Crippen molar-refractivity contribution in [2.24, 2.45) is 0 Å². The maximum absolute atomic E-state index is 13.2. The summed E-state index contributed by atoms with van der Waals surface area (Å²) in [5.41, 5.74) is 1.14. The summed E-state index contributed by atoms with van der Waals surface area (Å²) in [5.74, 6) is 0.546. The SMILES string of the molecule is CC(C)S(=O)(=O)c1cccc(OCCCN[C@H]2COC3(CCN(S(=O)(=O)c4cnc5cc[nH]c5c4)CC3)C2)c1. The van der Waals surface area contributed by atoms with Crippen molar-refractivity contribution in [2.75, 3.05) is 32.8 Å². The Bertz CT molecular complexity index is 1510. The Balaban J connectivity index is 1.06. The molecule has 2 aromatic heterocycles. The van der Waals surface area contributed by atoms with Crippen molar-refractivity contribution in [3.8, 4) is 5.75 Å². The van der Waals surface area contributed by atoms with Crippen LogP contribution in [0.4, 0.5) is 0 Å². The van der Waals surface area contributed by atoms with E-state index in [1.165, 1.54) is 10.5 Å². The van der Waals surface area contributed by atoms with Gasteiger partial charge in [0.05, 0.1) is 40.0 Å². The monoisotopic (exact) mass is 576 g/mol. The number of H-pyrrole nitrogens is 1. The normalized spacial score (nSPS) is 20.2. The fourth-order valence-corrected chi connectivity index (χ4v) is 7.75. The first kappa shape index (κ1) is 28.0. The van der Waals surface area contributed by atoms with Crippen molar-refractivity contribution < 1.29 is 26.3 Å². The zero-order valence-electron chi connectivity index (χ0n) is 22.3. The fourth-order valence-electron chi connectivity index (χ4n) is 5.24. The second kappa shape index (κ2) is 11.2. The third-order valence-corrected chi connectivity index (χ3v) is 11.6. The van der Waals surface area contributed by atoms with E-state index in [4.69, 9.17) is 9.47 Å². The van der Waals surface area contributed by atoms with Crippen LogP contribution in [0.5, 0.6) is 5.75 Å². The number of sulfonamides is 1. The second-order valence-corrected chi connectivity index (χ2v) is 15.0. The lowest BCUT2D eigenvalue weighted by Crippen LogP contribution is -2.46. The van der Waals surface area contributed by atoms with Gasteiger partial charge in [0.15, 0.2) is 9.84 Å². The van der Waals surface area contributed by atoms with Gasteiger partial charge in [0.25, 0.3) is 0 Å². The molecule has 0 saturated carbocycles. The number of nitrogens with one attached hydrogen (secondary N) is 2. The van der Waals surface area contributed by atoms with Gasteiger partial charge in [0.2, 0.25) is 10.0 Å². The van der Waals surface area contributed by atoms with Crippen LogP contribution in [0.25, 0.3) is 11.0 Å². The molecule has 12 heteroatoms. The van der Waals surface area contributed by atoms with Crippen LogP contribution in [0.2, 0.25) is 0 Å². The number of pyridine rings is 1. The Morgan fingerprint density at radius 2 is 1.95 bits per heavy atom. The minimum absolute atomic E-state index is 0.201. The average Bonchev–Trinajstić information content (AvgIpc) is 3.55. The molecule has 10 nitrogen and oxygen atoms in total. The molecule has 2 fully saturated rings. The molecule has 0 bridgehead atoms. The average molecular weight is 577 g/mol. The molecule has 2 aliphatic rings. The van der Waals surface area contributed by atoms with Gasteiger partial charge in [-0.05, 0) is 76.4 Å². The van der Waals surface area contributed by atoms with Crippen LogP contribution in [-0.2, 0) is 24.6 Å². The maximum atomic E-state index is 13.2. The summed E-state index contributed by atoms with van der Waals surface area (Å²) in [4.78, 5) is 7.76. The fraction of sp³-hybridized carbons (Fsp3) is 0.519. The lowest BCUT2D eigenvalue weighted by atomic mass is 9.88. The number of benzene rings is 1. The van der Waals surface area contributed by atoms with Crippen LogP contribution in [-0.4, -0.2) is 80.8 Å². The second-order valence-electron chi connectivity index (χ2n) is 10.6. The molecular weight excluding hydrogens is 540 g/mol. The largest absolute Gasteiger partial charge is 0.494 e. The highest BCUT2D eigenvalue weighted by molar-refractivity contribution is 7.92. The molecular formula is C27H36N4O6S2. The van der Waals surface area contributed by atoms with Gasteiger partial charge in [-0.15, -0.1) is 0 Å². The molecule has 4 heterocycles. The molecule has 1 aromatic carbocycles. The van der Waals surface area contributed by atoms with Crippen LogP contribution < -0.4 is 10.1 Å². The van der Waals surface area contributed by atoms with Crippen molar-refractivity contribution in [2.45, 2.75) is 66.2 Å². The molecule has 0 aliphatic carbocycles. The number of rotatable bonds is 10. The molecule has 2 saturated heterocycles. The van der Waals surface area contributed by atoms with Gasteiger partial charge in [-0.25, -0.2) is 16.8 Å². The predicted octanol–water partition coefficient (Wildman–Crippen LogP) is 3.12. The molecule has 212 valence electrons. The zero-order valence-corrected chi connectivity index (χ0v) is 23.9. The van der Waals surface area contributed by atoms with Gasteiger partial charge < -0.3 is 19.8 Å². The minimum atomic E-state index is -3.62. The summed E-state index contributed by atoms with van der Waals surface area (Å²) in [6.45, 7) is 5.96. The molecule has 1 spiro atoms. The summed E-state index contributed by atoms with van der Waals surface area (Å²) in [6, 6.07) is 10.3. The van der Waals surface area contributed by atoms with Gasteiger partial charge in [0.1, 0.15) is 10.6 Å². The van der Waals surface area contributed by atoms with E-state index in [0.717, 1.165) is 24.9 Å².